The number of rotatable bonds is 26. The first kappa shape index (κ1) is 86.2. The number of hydrogen-bond donors (Lipinski definition) is 4. The molecular formula is C98H101N19O9. The van der Waals surface area contributed by atoms with E-state index in [2.05, 4.69) is 148 Å². The van der Waals surface area contributed by atoms with Crippen molar-refractivity contribution in [1.29, 1.82) is 0 Å². The number of aromatic amines is 3. The molecule has 6 aliphatic heterocycles. The lowest BCUT2D eigenvalue weighted by molar-refractivity contribution is -0.117. The molecule has 1 unspecified atom stereocenters. The van der Waals surface area contributed by atoms with Crippen molar-refractivity contribution >= 4 is 85.4 Å². The molecule has 3 aromatic carbocycles. The molecule has 642 valence electrons. The van der Waals surface area contributed by atoms with Gasteiger partial charge in [0.05, 0.1) is 55.8 Å². The van der Waals surface area contributed by atoms with Crippen LogP contribution in [0.1, 0.15) is 118 Å². The third kappa shape index (κ3) is 22.2. The zero-order valence-corrected chi connectivity index (χ0v) is 71.2. The van der Waals surface area contributed by atoms with E-state index in [1.54, 1.807) is 58.3 Å². The summed E-state index contributed by atoms with van der Waals surface area (Å²) in [5.41, 5.74) is 15.7. The van der Waals surface area contributed by atoms with Crippen LogP contribution in [-0.2, 0) is 67.5 Å². The fourth-order valence-corrected chi connectivity index (χ4v) is 17.1. The highest BCUT2D eigenvalue weighted by Crippen LogP contribution is 2.35. The highest BCUT2D eigenvalue weighted by molar-refractivity contribution is 6.00. The fraction of sp³-hybridized carbons (Fsp3) is 0.357. The van der Waals surface area contributed by atoms with Gasteiger partial charge in [0, 0.05) is 159 Å². The van der Waals surface area contributed by atoms with Crippen LogP contribution in [0.3, 0.4) is 0 Å². The van der Waals surface area contributed by atoms with Gasteiger partial charge in [0.1, 0.15) is 70.5 Å². The molecule has 126 heavy (non-hydrogen) atoms. The Morgan fingerprint density at radius 1 is 0.373 bits per heavy atom. The number of Topliss-reactive ketones (excluding diaryl/α,β-unsaturated/α-hetero) is 5. The van der Waals surface area contributed by atoms with Crippen molar-refractivity contribution in [2.24, 2.45) is 11.8 Å². The standard InChI is InChI=1S/C34H36N6O3.C32H33N7O3.C32H32N6O3/c1-2-3-28(41)18-25-9-12-39(13-10-25)22-26-8-11-35-31(19-26)32(42)20-24-4-6-27(7-5-24)30-21-29-33(38-30)36-23-37-34(29)40-14-16-43-17-15-40;1-2-3-30(41)36-25-9-11-38(20-25)19-23-8-10-33-28(16-23)29(40)17-22-4-6-24(7-5-22)27-18-26-31(37-27)34-21-35-32(26)39-12-14-42-15-13-39;1-2-3-26(39)14-24-19-37(20-24)18-23-8-9-33-29(15-23)30(40)16-22-4-6-25(7-5-22)28-17-27-31(36-28)34-21-35-32(27)38-10-12-41-13-11-38/h4-8,11,19,21,23,25H,9-10,12-18,20,22H2,1H3,(H,36,37,38);4-8,10,16,18,21,25H,9,11-15,17,19-20H2,1H3,(H,36,41)(H,34,35,37);4-9,15,17,21,24H,10-14,16,18-20H2,1H3,(H,34,35,36). The molecule has 6 aliphatic rings. The molecule has 15 heterocycles. The van der Waals surface area contributed by atoms with Gasteiger partial charge in [-0.2, -0.15) is 0 Å². The van der Waals surface area contributed by atoms with Crippen molar-refractivity contribution in [3.8, 4) is 69.3 Å². The molecule has 1 atom stereocenters. The summed E-state index contributed by atoms with van der Waals surface area (Å²) in [5.74, 6) is 19.1. The number of anilines is 3. The number of pyridine rings is 3. The Morgan fingerprint density at radius 2 is 0.722 bits per heavy atom. The molecule has 28 heteroatoms. The Morgan fingerprint density at radius 3 is 1.10 bits per heavy atom. The lowest BCUT2D eigenvalue weighted by Crippen LogP contribution is -2.46. The number of amides is 1. The molecule has 12 aromatic rings. The summed E-state index contributed by atoms with van der Waals surface area (Å²) < 4.78 is 16.5. The predicted octanol–water partition coefficient (Wildman–Crippen LogP) is 11.2. The average Bonchev–Trinajstić information content (AvgIpc) is 1.58. The maximum atomic E-state index is 13.2. The number of aromatic nitrogens is 12. The lowest BCUT2D eigenvalue weighted by atomic mass is 9.91. The Kier molecular flexibility index (Phi) is 28.3. The topological polar surface area (TPSA) is 325 Å². The molecule has 0 spiro atoms. The van der Waals surface area contributed by atoms with E-state index in [0.717, 1.165) is 229 Å². The second-order valence-electron chi connectivity index (χ2n) is 32.6. The van der Waals surface area contributed by atoms with E-state index in [4.69, 9.17) is 14.2 Å². The van der Waals surface area contributed by atoms with E-state index < -0.39 is 0 Å². The first-order chi connectivity index (χ1) is 61.7. The minimum atomic E-state index is -0.234. The smallest absolute Gasteiger partial charge is 0.296 e. The summed E-state index contributed by atoms with van der Waals surface area (Å²) >= 11 is 0. The summed E-state index contributed by atoms with van der Waals surface area (Å²) in [6.45, 7) is 21.5. The number of morpholine rings is 3. The number of carbonyl (C=O) groups is 6. The molecule has 1 amide bonds. The number of ketones is 5. The van der Waals surface area contributed by atoms with E-state index in [1.807, 2.05) is 109 Å². The Hall–Kier alpha value is -13.4. The van der Waals surface area contributed by atoms with Gasteiger partial charge < -0.3 is 49.2 Å². The van der Waals surface area contributed by atoms with Crippen LogP contribution in [0.15, 0.2) is 165 Å². The third-order valence-electron chi connectivity index (χ3n) is 23.6. The van der Waals surface area contributed by atoms with Gasteiger partial charge >= 0.3 is 0 Å². The number of carbonyl (C=O) groups excluding carboxylic acids is 6. The van der Waals surface area contributed by atoms with Gasteiger partial charge in [0.25, 0.3) is 5.91 Å². The Balaban J connectivity index is 0.000000139. The molecule has 0 bridgehead atoms. The van der Waals surface area contributed by atoms with Crippen LogP contribution in [0, 0.1) is 47.4 Å². The summed E-state index contributed by atoms with van der Waals surface area (Å²) in [6, 6.07) is 42.0. The molecule has 0 radical (unpaired) electrons. The Labute approximate surface area is 731 Å². The molecule has 9 aromatic heterocycles. The van der Waals surface area contributed by atoms with Crippen LogP contribution >= 0.6 is 0 Å². The summed E-state index contributed by atoms with van der Waals surface area (Å²) in [7, 11) is 0. The predicted molar refractivity (Wildman–Crippen MR) is 482 cm³/mol. The van der Waals surface area contributed by atoms with Gasteiger partial charge in [-0.1, -0.05) is 90.6 Å². The third-order valence-corrected chi connectivity index (χ3v) is 23.6. The van der Waals surface area contributed by atoms with Gasteiger partial charge in [-0.3, -0.25) is 58.4 Å². The van der Waals surface area contributed by atoms with Crippen LogP contribution < -0.4 is 20.0 Å². The van der Waals surface area contributed by atoms with E-state index in [-0.39, 0.29) is 60.1 Å². The van der Waals surface area contributed by atoms with E-state index in [9.17, 15) is 28.8 Å². The number of benzene rings is 3. The van der Waals surface area contributed by atoms with E-state index >= 15 is 0 Å². The van der Waals surface area contributed by atoms with Crippen molar-refractivity contribution in [3.63, 3.8) is 0 Å². The molecule has 6 saturated heterocycles. The second kappa shape index (κ2) is 41.4. The number of nitrogens with zero attached hydrogens (tertiary/aromatic N) is 15. The zero-order valence-electron chi connectivity index (χ0n) is 71.2. The molecule has 0 saturated carbocycles. The first-order valence-electron chi connectivity index (χ1n) is 43.2. The first-order valence-corrected chi connectivity index (χ1v) is 43.2. The summed E-state index contributed by atoms with van der Waals surface area (Å²) in [5, 5.41) is 5.92. The second-order valence-corrected chi connectivity index (χ2v) is 32.6. The minimum Gasteiger partial charge on any atom is -0.378 e. The maximum Gasteiger partial charge on any atom is 0.296 e. The van der Waals surface area contributed by atoms with E-state index in [1.165, 1.54) is 0 Å². The average molecular weight is 1690 g/mol. The van der Waals surface area contributed by atoms with Crippen molar-refractivity contribution < 1.29 is 43.0 Å². The van der Waals surface area contributed by atoms with Crippen LogP contribution in [0.25, 0.3) is 66.9 Å². The minimum absolute atomic E-state index is 0.0000985. The zero-order chi connectivity index (χ0) is 86.7. The highest BCUT2D eigenvalue weighted by Gasteiger charge is 2.30. The number of ether oxygens (including phenoxy) is 3. The number of nitrogens with one attached hydrogen (secondary N) is 4. The lowest BCUT2D eigenvalue weighted by Gasteiger charge is -2.38. The summed E-state index contributed by atoms with van der Waals surface area (Å²) in [6.07, 6.45) is 14.7. The number of piperidine rings is 1. The van der Waals surface area contributed by atoms with Crippen LogP contribution in [0.2, 0.25) is 0 Å². The van der Waals surface area contributed by atoms with E-state index in [0.29, 0.717) is 87.9 Å². The SMILES string of the molecule is CC#CC(=O)CC1CCN(Cc2ccnc(C(=O)Cc3ccc(-c4cc5c(N6CCOCC6)ncnc5[nH]4)cc3)c2)CC1.CC#CC(=O)CC1CN(Cc2ccnc(C(=O)Cc3ccc(-c4cc5c(N6CCOCC6)ncnc5[nH]4)cc3)c2)C1.CC#CC(=O)NC1CCN(Cc2ccnc(C(=O)Cc3ccc(-c4cc5c(N6CCOCC6)ncnc5[nH]4)cc3)c2)C1. The van der Waals surface area contributed by atoms with Crippen LogP contribution in [0.4, 0.5) is 17.5 Å². The van der Waals surface area contributed by atoms with Gasteiger partial charge in [0.15, 0.2) is 17.3 Å². The Bertz CT molecular complexity index is 6100. The number of likely N-dealkylation sites (tertiary alicyclic amines) is 3. The van der Waals surface area contributed by atoms with Crippen molar-refractivity contribution in [3.05, 3.63) is 215 Å². The molecule has 0 aliphatic carbocycles. The molecule has 28 nitrogen and oxygen atoms in total. The van der Waals surface area contributed by atoms with Gasteiger partial charge in [-0.15, -0.1) is 0 Å². The van der Waals surface area contributed by atoms with Crippen molar-refractivity contribution in [2.45, 2.75) is 97.8 Å². The quantitative estimate of drug-likeness (QED) is 0.0222. The summed E-state index contributed by atoms with van der Waals surface area (Å²) in [4.78, 5) is 139. The number of hydrogen-bond acceptors (Lipinski definition) is 24. The normalized spacial score (nSPS) is 16.4. The van der Waals surface area contributed by atoms with Crippen molar-refractivity contribution in [2.75, 3.05) is 133 Å². The fourth-order valence-electron chi connectivity index (χ4n) is 17.1. The van der Waals surface area contributed by atoms with Crippen LogP contribution in [0.5, 0.6) is 0 Å². The number of fused-ring (bicyclic) bond motifs is 3. The molecule has 4 N–H and O–H groups in total. The molecule has 18 rings (SSSR count). The largest absolute Gasteiger partial charge is 0.378 e. The highest BCUT2D eigenvalue weighted by atomic mass is 16.5. The van der Waals surface area contributed by atoms with Gasteiger partial charge in [-0.05, 0) is 187 Å². The molecular weight excluding hydrogens is 1590 g/mol. The monoisotopic (exact) mass is 1690 g/mol. The van der Waals surface area contributed by atoms with Crippen molar-refractivity contribution in [1.82, 2.24) is 79.8 Å². The molecule has 6 fully saturated rings. The van der Waals surface area contributed by atoms with Gasteiger partial charge in [0.2, 0.25) is 11.6 Å². The van der Waals surface area contributed by atoms with Crippen LogP contribution in [-0.4, -0.2) is 234 Å². The number of H-pyrrole nitrogens is 3. The maximum absolute atomic E-state index is 13.2. The van der Waals surface area contributed by atoms with Gasteiger partial charge in [-0.25, -0.2) is 29.9 Å².